The molecule has 2 N–H and O–H groups in total. The molecule has 0 spiro atoms. The van der Waals surface area contributed by atoms with E-state index in [2.05, 4.69) is 0 Å². The second-order valence-corrected chi connectivity index (χ2v) is 4.57. The minimum absolute atomic E-state index is 0.0157. The molecule has 98 valence electrons. The zero-order chi connectivity index (χ0) is 13.7. The van der Waals surface area contributed by atoms with Crippen molar-refractivity contribution >= 4 is 5.78 Å². The molecule has 0 heterocycles. The van der Waals surface area contributed by atoms with Crippen LogP contribution in [0.1, 0.15) is 23.6 Å². The number of Topliss-reactive ketones (excluding diaryl/α,β-unsaturated/α-hetero) is 1. The van der Waals surface area contributed by atoms with Crippen molar-refractivity contribution in [3.8, 4) is 0 Å². The van der Waals surface area contributed by atoms with Crippen LogP contribution < -0.4 is 5.73 Å². The lowest BCUT2D eigenvalue weighted by Crippen LogP contribution is -2.16. The summed E-state index contributed by atoms with van der Waals surface area (Å²) in [6, 6.07) is 15.3. The molecule has 2 rings (SSSR count). The highest BCUT2D eigenvalue weighted by molar-refractivity contribution is 5.81. The molecule has 0 saturated heterocycles. The Morgan fingerprint density at radius 1 is 1.11 bits per heavy atom. The van der Waals surface area contributed by atoms with Crippen molar-refractivity contribution in [1.82, 2.24) is 0 Å². The van der Waals surface area contributed by atoms with Gasteiger partial charge in [-0.15, -0.1) is 0 Å². The number of ketones is 1. The van der Waals surface area contributed by atoms with Crippen LogP contribution in [0, 0.1) is 5.82 Å². The van der Waals surface area contributed by atoms with Crippen LogP contribution in [0.15, 0.2) is 54.6 Å². The third-order valence-electron chi connectivity index (χ3n) is 2.97. The van der Waals surface area contributed by atoms with Gasteiger partial charge in [0.15, 0.2) is 0 Å². The van der Waals surface area contributed by atoms with E-state index in [1.54, 1.807) is 12.1 Å². The fourth-order valence-electron chi connectivity index (χ4n) is 2.01. The minimum Gasteiger partial charge on any atom is -0.324 e. The Hall–Kier alpha value is -2.00. The van der Waals surface area contributed by atoms with Gasteiger partial charge in [0.1, 0.15) is 11.6 Å². The van der Waals surface area contributed by atoms with E-state index < -0.39 is 0 Å². The van der Waals surface area contributed by atoms with Crippen molar-refractivity contribution < 1.29 is 9.18 Å². The molecule has 0 amide bonds. The second kappa shape index (κ2) is 6.25. The molecule has 0 radical (unpaired) electrons. The van der Waals surface area contributed by atoms with E-state index in [-0.39, 0.29) is 30.5 Å². The highest BCUT2D eigenvalue weighted by Crippen LogP contribution is 2.15. The molecular weight excluding hydrogens is 241 g/mol. The SMILES string of the molecule is NC(CC(=O)Cc1cccc(F)c1)c1ccccc1. The van der Waals surface area contributed by atoms with Gasteiger partial charge in [0.25, 0.3) is 0 Å². The second-order valence-electron chi connectivity index (χ2n) is 4.57. The number of hydrogen-bond donors (Lipinski definition) is 1. The Labute approximate surface area is 112 Å². The zero-order valence-corrected chi connectivity index (χ0v) is 10.6. The van der Waals surface area contributed by atoms with Crippen LogP contribution in [-0.4, -0.2) is 5.78 Å². The Kier molecular flexibility index (Phi) is 4.42. The van der Waals surface area contributed by atoms with Crippen LogP contribution in [-0.2, 0) is 11.2 Å². The molecule has 0 aliphatic rings. The number of benzene rings is 2. The van der Waals surface area contributed by atoms with E-state index in [0.29, 0.717) is 5.56 Å². The van der Waals surface area contributed by atoms with Crippen molar-refractivity contribution in [1.29, 1.82) is 0 Å². The lowest BCUT2D eigenvalue weighted by molar-refractivity contribution is -0.118. The molecule has 0 saturated carbocycles. The van der Waals surface area contributed by atoms with Crippen LogP contribution in [0.5, 0.6) is 0 Å². The van der Waals surface area contributed by atoms with Crippen molar-refractivity contribution in [3.63, 3.8) is 0 Å². The molecule has 19 heavy (non-hydrogen) atoms. The molecule has 0 bridgehead atoms. The van der Waals surface area contributed by atoms with Crippen molar-refractivity contribution in [2.75, 3.05) is 0 Å². The summed E-state index contributed by atoms with van der Waals surface area (Å²) in [6.07, 6.45) is 0.485. The average Bonchev–Trinajstić information content (AvgIpc) is 2.39. The standard InChI is InChI=1S/C16H16FNO/c17-14-8-4-5-12(9-14)10-15(19)11-16(18)13-6-2-1-3-7-13/h1-9,16H,10-11,18H2. The summed E-state index contributed by atoms with van der Waals surface area (Å²) >= 11 is 0. The van der Waals surface area contributed by atoms with E-state index in [4.69, 9.17) is 5.73 Å². The van der Waals surface area contributed by atoms with Gasteiger partial charge >= 0.3 is 0 Å². The number of nitrogens with two attached hydrogens (primary N) is 1. The van der Waals surface area contributed by atoms with E-state index in [1.165, 1.54) is 12.1 Å². The fourth-order valence-corrected chi connectivity index (χ4v) is 2.01. The van der Waals surface area contributed by atoms with E-state index >= 15 is 0 Å². The monoisotopic (exact) mass is 257 g/mol. The molecule has 0 aliphatic heterocycles. The molecule has 2 aromatic rings. The normalized spacial score (nSPS) is 12.1. The Balaban J connectivity index is 1.95. The van der Waals surface area contributed by atoms with Gasteiger partial charge in [-0.3, -0.25) is 4.79 Å². The molecule has 1 atom stereocenters. The Morgan fingerprint density at radius 3 is 2.53 bits per heavy atom. The van der Waals surface area contributed by atoms with Crippen molar-refractivity contribution in [2.45, 2.75) is 18.9 Å². The molecule has 1 unspecified atom stereocenters. The molecular formula is C16H16FNO. The third-order valence-corrected chi connectivity index (χ3v) is 2.97. The lowest BCUT2D eigenvalue weighted by Gasteiger charge is -2.11. The quantitative estimate of drug-likeness (QED) is 0.894. The molecule has 2 nitrogen and oxygen atoms in total. The first-order valence-corrected chi connectivity index (χ1v) is 6.22. The van der Waals surface area contributed by atoms with Crippen molar-refractivity contribution in [2.24, 2.45) is 5.73 Å². The first kappa shape index (κ1) is 13.4. The summed E-state index contributed by atoms with van der Waals surface area (Å²) < 4.78 is 13.0. The van der Waals surface area contributed by atoms with Crippen LogP contribution in [0.2, 0.25) is 0 Å². The van der Waals surface area contributed by atoms with Gasteiger partial charge in [0, 0.05) is 18.9 Å². The maximum atomic E-state index is 13.0. The van der Waals surface area contributed by atoms with Gasteiger partial charge in [-0.05, 0) is 23.3 Å². The van der Waals surface area contributed by atoms with Crippen LogP contribution in [0.4, 0.5) is 4.39 Å². The molecule has 0 fully saturated rings. The molecule has 2 aromatic carbocycles. The summed E-state index contributed by atoms with van der Waals surface area (Å²) in [6.45, 7) is 0. The topological polar surface area (TPSA) is 43.1 Å². The van der Waals surface area contributed by atoms with Gasteiger partial charge in [0.2, 0.25) is 0 Å². The summed E-state index contributed by atoms with van der Waals surface area (Å²) in [4.78, 5) is 11.9. The highest BCUT2D eigenvalue weighted by Gasteiger charge is 2.12. The highest BCUT2D eigenvalue weighted by atomic mass is 19.1. The van der Waals surface area contributed by atoms with Gasteiger partial charge in [0.05, 0.1) is 0 Å². The maximum absolute atomic E-state index is 13.0. The van der Waals surface area contributed by atoms with Gasteiger partial charge in [-0.25, -0.2) is 4.39 Å². The average molecular weight is 257 g/mol. The number of carbonyl (C=O) groups is 1. The van der Waals surface area contributed by atoms with Crippen LogP contribution >= 0.6 is 0 Å². The van der Waals surface area contributed by atoms with E-state index in [9.17, 15) is 9.18 Å². The molecule has 0 aromatic heterocycles. The fraction of sp³-hybridized carbons (Fsp3) is 0.188. The Bertz CT molecular complexity index is 554. The van der Waals surface area contributed by atoms with Gasteiger partial charge in [-0.1, -0.05) is 42.5 Å². The van der Waals surface area contributed by atoms with E-state index in [0.717, 1.165) is 5.56 Å². The first-order valence-electron chi connectivity index (χ1n) is 6.22. The van der Waals surface area contributed by atoms with Gasteiger partial charge < -0.3 is 5.73 Å². The first-order chi connectivity index (χ1) is 9.15. The zero-order valence-electron chi connectivity index (χ0n) is 10.6. The van der Waals surface area contributed by atoms with Crippen LogP contribution in [0.25, 0.3) is 0 Å². The van der Waals surface area contributed by atoms with Gasteiger partial charge in [-0.2, -0.15) is 0 Å². The molecule has 3 heteroatoms. The summed E-state index contributed by atoms with van der Waals surface area (Å²) in [7, 11) is 0. The Morgan fingerprint density at radius 2 is 1.84 bits per heavy atom. The largest absolute Gasteiger partial charge is 0.324 e. The number of rotatable bonds is 5. The van der Waals surface area contributed by atoms with Crippen molar-refractivity contribution in [3.05, 3.63) is 71.5 Å². The smallest absolute Gasteiger partial charge is 0.139 e. The number of halogens is 1. The lowest BCUT2D eigenvalue weighted by atomic mass is 9.99. The molecule has 0 aliphatic carbocycles. The number of hydrogen-bond acceptors (Lipinski definition) is 2. The van der Waals surface area contributed by atoms with Crippen LogP contribution in [0.3, 0.4) is 0 Å². The summed E-state index contributed by atoms with van der Waals surface area (Å²) in [5.41, 5.74) is 7.61. The maximum Gasteiger partial charge on any atom is 0.139 e. The third kappa shape index (κ3) is 4.00. The predicted molar refractivity (Wildman–Crippen MR) is 73.1 cm³/mol. The summed E-state index contributed by atoms with van der Waals surface area (Å²) in [5.74, 6) is -0.306. The number of carbonyl (C=O) groups excluding carboxylic acids is 1. The van der Waals surface area contributed by atoms with E-state index in [1.807, 2.05) is 30.3 Å². The predicted octanol–water partition coefficient (Wildman–Crippen LogP) is 3.03. The minimum atomic E-state index is -0.322. The summed E-state index contributed by atoms with van der Waals surface area (Å²) in [5, 5.41) is 0.